The third-order valence-corrected chi connectivity index (χ3v) is 0.823. The highest BCUT2D eigenvalue weighted by Crippen LogP contribution is 2.00. The fraction of sp³-hybridized carbons (Fsp3) is 0.143. The Bertz CT molecular complexity index is 131. The van der Waals surface area contributed by atoms with E-state index in [1.807, 2.05) is 0 Å². The van der Waals surface area contributed by atoms with Gasteiger partial charge in [0.05, 0.1) is 0 Å². The zero-order valence-corrected chi connectivity index (χ0v) is 5.02. The van der Waals surface area contributed by atoms with Gasteiger partial charge >= 0.3 is 0 Å². The Hall–Kier alpha value is -0.980. The zero-order valence-electron chi connectivity index (χ0n) is 5.02. The van der Waals surface area contributed by atoms with Crippen LogP contribution >= 0.6 is 0 Å². The number of allylic oxidation sites excluding steroid dienone is 3. The van der Waals surface area contributed by atoms with Crippen molar-refractivity contribution in [3.63, 3.8) is 0 Å². The summed E-state index contributed by atoms with van der Waals surface area (Å²) >= 11 is 0. The molecule has 0 heterocycles. The van der Waals surface area contributed by atoms with Gasteiger partial charge in [0.25, 0.3) is 0 Å². The van der Waals surface area contributed by atoms with Crippen LogP contribution in [0.4, 0.5) is 0 Å². The predicted molar refractivity (Wildman–Crippen MR) is 35.7 cm³/mol. The number of rotatable bonds is 2. The molecule has 0 radical (unpaired) electrons. The first kappa shape index (κ1) is 7.02. The summed E-state index contributed by atoms with van der Waals surface area (Å²) in [6.07, 6.45) is 3.30. The molecule has 0 aromatic rings. The first-order chi connectivity index (χ1) is 3.68. The highest BCUT2D eigenvalue weighted by Gasteiger charge is 1.85. The van der Waals surface area contributed by atoms with Gasteiger partial charge in [0.15, 0.2) is 0 Å². The van der Waals surface area contributed by atoms with E-state index >= 15 is 0 Å². The number of aliphatic hydroxyl groups is 1. The molecule has 0 aliphatic carbocycles. The number of aliphatic hydroxyl groups excluding tert-OH is 1. The van der Waals surface area contributed by atoms with Crippen molar-refractivity contribution in [2.24, 2.45) is 0 Å². The van der Waals surface area contributed by atoms with Crippen LogP contribution in [0.3, 0.4) is 0 Å². The van der Waals surface area contributed by atoms with Crippen molar-refractivity contribution in [2.45, 2.75) is 6.92 Å². The molecule has 1 nitrogen and oxygen atoms in total. The van der Waals surface area contributed by atoms with Crippen molar-refractivity contribution < 1.29 is 5.11 Å². The van der Waals surface area contributed by atoms with Gasteiger partial charge in [-0.15, -0.1) is 0 Å². The number of hydrogen-bond donors (Lipinski definition) is 1. The van der Waals surface area contributed by atoms with Crippen LogP contribution in [0.15, 0.2) is 36.6 Å². The lowest BCUT2D eigenvalue weighted by atomic mass is 10.2. The van der Waals surface area contributed by atoms with Crippen LogP contribution in [0.2, 0.25) is 0 Å². The molecule has 8 heavy (non-hydrogen) atoms. The molecule has 0 spiro atoms. The zero-order chi connectivity index (χ0) is 6.57. The monoisotopic (exact) mass is 110 g/mol. The smallest absolute Gasteiger partial charge is 0.111 e. The van der Waals surface area contributed by atoms with Crippen LogP contribution in [0.1, 0.15) is 6.92 Å². The average molecular weight is 110 g/mol. The maximum atomic E-state index is 8.64. The van der Waals surface area contributed by atoms with Gasteiger partial charge < -0.3 is 5.11 Å². The molecule has 0 fully saturated rings. The summed E-state index contributed by atoms with van der Waals surface area (Å²) in [5, 5.41) is 8.64. The first-order valence-corrected chi connectivity index (χ1v) is 2.36. The Balaban J connectivity index is 3.99. The summed E-state index contributed by atoms with van der Waals surface area (Å²) < 4.78 is 0. The summed E-state index contributed by atoms with van der Waals surface area (Å²) in [6.45, 7) is 8.54. The Morgan fingerprint density at radius 1 is 1.62 bits per heavy atom. The maximum Gasteiger partial charge on any atom is 0.111 e. The molecule has 1 heteroatoms. The van der Waals surface area contributed by atoms with Crippen LogP contribution in [-0.2, 0) is 0 Å². The molecule has 0 rings (SSSR count). The standard InChI is InChI=1S/C7H10O/c1-4-5-6(2)7(3)8/h4-5,8H,1,3H2,2H3/b6-5+. The third kappa shape index (κ3) is 2.24. The van der Waals surface area contributed by atoms with Gasteiger partial charge in [-0.05, 0) is 12.5 Å². The molecular formula is C7H10O. The molecule has 0 aromatic heterocycles. The highest BCUT2D eigenvalue weighted by atomic mass is 16.3. The van der Waals surface area contributed by atoms with E-state index in [9.17, 15) is 0 Å². The molecule has 1 N–H and O–H groups in total. The maximum absolute atomic E-state index is 8.64. The lowest BCUT2D eigenvalue weighted by molar-refractivity contribution is 0.426. The van der Waals surface area contributed by atoms with Crippen LogP contribution in [0.25, 0.3) is 0 Å². The van der Waals surface area contributed by atoms with Gasteiger partial charge in [-0.25, -0.2) is 0 Å². The van der Waals surface area contributed by atoms with E-state index in [0.717, 1.165) is 5.57 Å². The summed E-state index contributed by atoms with van der Waals surface area (Å²) in [5.74, 6) is 0.102. The largest absolute Gasteiger partial charge is 0.508 e. The van der Waals surface area contributed by atoms with Crippen molar-refractivity contribution in [3.8, 4) is 0 Å². The van der Waals surface area contributed by atoms with Crippen LogP contribution < -0.4 is 0 Å². The molecular weight excluding hydrogens is 100 g/mol. The molecule has 0 amide bonds. The molecule has 0 bridgehead atoms. The van der Waals surface area contributed by atoms with Crippen LogP contribution in [0.5, 0.6) is 0 Å². The molecule has 0 aromatic carbocycles. The molecule has 0 aliphatic heterocycles. The second-order valence-corrected chi connectivity index (χ2v) is 1.53. The third-order valence-electron chi connectivity index (χ3n) is 0.823. The Morgan fingerprint density at radius 2 is 2.12 bits per heavy atom. The van der Waals surface area contributed by atoms with Crippen LogP contribution in [0, 0.1) is 0 Å². The number of hydrogen-bond acceptors (Lipinski definition) is 1. The van der Waals surface area contributed by atoms with Gasteiger partial charge in [-0.1, -0.05) is 25.3 Å². The lowest BCUT2D eigenvalue weighted by Crippen LogP contribution is -1.76. The molecule has 0 aliphatic rings. The quantitative estimate of drug-likeness (QED) is 0.426. The summed E-state index contributed by atoms with van der Waals surface area (Å²) in [6, 6.07) is 0. The minimum atomic E-state index is 0.102. The topological polar surface area (TPSA) is 20.2 Å². The van der Waals surface area contributed by atoms with Gasteiger partial charge in [0.2, 0.25) is 0 Å². The minimum absolute atomic E-state index is 0.102. The molecule has 0 saturated heterocycles. The van der Waals surface area contributed by atoms with Gasteiger partial charge in [-0.3, -0.25) is 0 Å². The van der Waals surface area contributed by atoms with Crippen LogP contribution in [-0.4, -0.2) is 5.11 Å². The SMILES string of the molecule is C=C/C=C(\C)C(=C)O. The minimum Gasteiger partial charge on any atom is -0.508 e. The Labute approximate surface area is 49.7 Å². The van der Waals surface area contributed by atoms with E-state index in [2.05, 4.69) is 13.2 Å². The average Bonchev–Trinajstić information content (AvgIpc) is 1.67. The predicted octanol–water partition coefficient (Wildman–Crippen LogP) is 2.19. The normalized spacial score (nSPS) is 10.9. The van der Waals surface area contributed by atoms with Crippen molar-refractivity contribution >= 4 is 0 Å². The fourth-order valence-electron chi connectivity index (χ4n) is 0.273. The van der Waals surface area contributed by atoms with Crippen molar-refractivity contribution in [1.29, 1.82) is 0 Å². The van der Waals surface area contributed by atoms with E-state index in [1.165, 1.54) is 0 Å². The molecule has 0 atom stereocenters. The summed E-state index contributed by atoms with van der Waals surface area (Å²) in [7, 11) is 0. The lowest BCUT2D eigenvalue weighted by Gasteiger charge is -1.91. The Kier molecular flexibility index (Phi) is 2.70. The van der Waals surface area contributed by atoms with E-state index in [-0.39, 0.29) is 5.76 Å². The van der Waals surface area contributed by atoms with Gasteiger partial charge in [-0.2, -0.15) is 0 Å². The van der Waals surface area contributed by atoms with E-state index in [1.54, 1.807) is 19.1 Å². The first-order valence-electron chi connectivity index (χ1n) is 2.36. The second kappa shape index (κ2) is 3.08. The summed E-state index contributed by atoms with van der Waals surface area (Å²) in [5.41, 5.74) is 0.750. The molecule has 0 unspecified atom stereocenters. The molecule has 0 saturated carbocycles. The second-order valence-electron chi connectivity index (χ2n) is 1.53. The molecule has 44 valence electrons. The van der Waals surface area contributed by atoms with Gasteiger partial charge in [0.1, 0.15) is 5.76 Å². The Morgan fingerprint density at radius 3 is 2.25 bits per heavy atom. The van der Waals surface area contributed by atoms with E-state index in [0.29, 0.717) is 0 Å². The highest BCUT2D eigenvalue weighted by molar-refractivity contribution is 5.22. The summed E-state index contributed by atoms with van der Waals surface area (Å²) in [4.78, 5) is 0. The van der Waals surface area contributed by atoms with Crippen molar-refractivity contribution in [3.05, 3.63) is 36.6 Å². The van der Waals surface area contributed by atoms with Crippen molar-refractivity contribution in [2.75, 3.05) is 0 Å². The van der Waals surface area contributed by atoms with E-state index < -0.39 is 0 Å². The van der Waals surface area contributed by atoms with Gasteiger partial charge in [0, 0.05) is 0 Å². The fourth-order valence-corrected chi connectivity index (χ4v) is 0.273. The van der Waals surface area contributed by atoms with E-state index in [4.69, 9.17) is 5.11 Å². The van der Waals surface area contributed by atoms with Crippen molar-refractivity contribution in [1.82, 2.24) is 0 Å².